The smallest absolute Gasteiger partial charge is 0.342 e. The summed E-state index contributed by atoms with van der Waals surface area (Å²) in [6.07, 6.45) is 1.29. The van der Waals surface area contributed by atoms with Gasteiger partial charge in [-0.15, -0.1) is 0 Å². The van der Waals surface area contributed by atoms with Gasteiger partial charge in [0, 0.05) is 6.20 Å². The van der Waals surface area contributed by atoms with Crippen molar-refractivity contribution >= 4 is 5.97 Å². The third-order valence-electron chi connectivity index (χ3n) is 1.53. The molecule has 1 rings (SSSR count). The van der Waals surface area contributed by atoms with E-state index in [0.717, 1.165) is 0 Å². The molecule has 3 nitrogen and oxygen atoms in total. The lowest BCUT2D eigenvalue weighted by molar-refractivity contribution is 0.0452. The molecular formula is C10H12FNO2. The lowest BCUT2D eigenvalue weighted by Gasteiger charge is -2.06. The normalized spacial score (nSPS) is 10.3. The molecule has 4 heteroatoms. The number of pyridine rings is 1. The molecule has 0 aliphatic carbocycles. The first-order chi connectivity index (χ1) is 6.61. The van der Waals surface area contributed by atoms with Crippen LogP contribution >= 0.6 is 0 Å². The van der Waals surface area contributed by atoms with Gasteiger partial charge in [-0.3, -0.25) is 0 Å². The first kappa shape index (κ1) is 10.6. The molecule has 0 saturated carbocycles. The summed E-state index contributed by atoms with van der Waals surface area (Å²) in [5, 5.41) is 0. The molecule has 0 aromatic carbocycles. The summed E-state index contributed by atoms with van der Waals surface area (Å²) in [7, 11) is 0. The fraction of sp³-hybridized carbons (Fsp3) is 0.400. The van der Waals surface area contributed by atoms with Crippen LogP contribution in [0.4, 0.5) is 4.39 Å². The first-order valence-electron chi connectivity index (χ1n) is 4.39. The van der Waals surface area contributed by atoms with E-state index in [-0.39, 0.29) is 18.1 Å². The van der Waals surface area contributed by atoms with E-state index in [2.05, 4.69) is 4.98 Å². The number of carbonyl (C=O) groups is 1. The summed E-state index contributed by atoms with van der Waals surface area (Å²) >= 11 is 0. The van der Waals surface area contributed by atoms with Gasteiger partial charge in [0.1, 0.15) is 5.56 Å². The van der Waals surface area contributed by atoms with Gasteiger partial charge in [-0.05, 0) is 18.1 Å². The SMILES string of the molecule is CC(C)COC(=O)c1cccnc1F. The minimum absolute atomic E-state index is 0.117. The maximum atomic E-state index is 13.0. The molecule has 0 unspecified atom stereocenters. The molecule has 0 bridgehead atoms. The molecule has 0 fully saturated rings. The summed E-state index contributed by atoms with van der Waals surface area (Å²) in [6, 6.07) is 2.85. The Balaban J connectivity index is 2.65. The van der Waals surface area contributed by atoms with E-state index in [1.165, 1.54) is 18.3 Å². The van der Waals surface area contributed by atoms with Gasteiger partial charge in [0.05, 0.1) is 6.61 Å². The Kier molecular flexibility index (Phi) is 3.56. The predicted molar refractivity (Wildman–Crippen MR) is 49.3 cm³/mol. The van der Waals surface area contributed by atoms with Crippen molar-refractivity contribution < 1.29 is 13.9 Å². The van der Waals surface area contributed by atoms with E-state index in [1.54, 1.807) is 0 Å². The molecule has 76 valence electrons. The second-order valence-corrected chi connectivity index (χ2v) is 3.33. The fourth-order valence-corrected chi connectivity index (χ4v) is 0.858. The number of carbonyl (C=O) groups excluding carboxylic acids is 1. The number of hydrogen-bond donors (Lipinski definition) is 0. The van der Waals surface area contributed by atoms with Crippen LogP contribution in [0.2, 0.25) is 0 Å². The van der Waals surface area contributed by atoms with Crippen LogP contribution in [-0.2, 0) is 4.74 Å². The number of hydrogen-bond acceptors (Lipinski definition) is 3. The van der Waals surface area contributed by atoms with Crippen LogP contribution in [-0.4, -0.2) is 17.6 Å². The van der Waals surface area contributed by atoms with E-state index in [4.69, 9.17) is 4.74 Å². The van der Waals surface area contributed by atoms with E-state index < -0.39 is 11.9 Å². The van der Waals surface area contributed by atoms with E-state index in [1.807, 2.05) is 13.8 Å². The molecule has 1 heterocycles. The molecule has 0 aliphatic rings. The molecule has 14 heavy (non-hydrogen) atoms. The van der Waals surface area contributed by atoms with Gasteiger partial charge in [0.2, 0.25) is 5.95 Å². The topological polar surface area (TPSA) is 39.2 Å². The Bertz CT molecular complexity index is 326. The average Bonchev–Trinajstić information content (AvgIpc) is 2.15. The number of ether oxygens (including phenoxy) is 1. The molecule has 0 radical (unpaired) electrons. The minimum Gasteiger partial charge on any atom is -0.462 e. The van der Waals surface area contributed by atoms with Crippen molar-refractivity contribution in [2.75, 3.05) is 6.61 Å². The van der Waals surface area contributed by atoms with Crippen molar-refractivity contribution in [3.8, 4) is 0 Å². The molecule has 1 aromatic heterocycles. The molecular weight excluding hydrogens is 185 g/mol. The Morgan fingerprint density at radius 3 is 2.93 bits per heavy atom. The van der Waals surface area contributed by atoms with Crippen LogP contribution in [0.1, 0.15) is 24.2 Å². The van der Waals surface area contributed by atoms with Gasteiger partial charge in [-0.1, -0.05) is 13.8 Å². The highest BCUT2D eigenvalue weighted by molar-refractivity contribution is 5.89. The molecule has 0 saturated heterocycles. The lowest BCUT2D eigenvalue weighted by Crippen LogP contribution is -2.12. The quantitative estimate of drug-likeness (QED) is 0.549. The van der Waals surface area contributed by atoms with E-state index >= 15 is 0 Å². The number of aromatic nitrogens is 1. The second-order valence-electron chi connectivity index (χ2n) is 3.33. The van der Waals surface area contributed by atoms with Crippen LogP contribution < -0.4 is 0 Å². The molecule has 0 atom stereocenters. The summed E-state index contributed by atoms with van der Waals surface area (Å²) in [5.41, 5.74) is -0.117. The number of nitrogens with zero attached hydrogens (tertiary/aromatic N) is 1. The number of esters is 1. The monoisotopic (exact) mass is 197 g/mol. The molecule has 1 aromatic rings. The first-order valence-corrected chi connectivity index (χ1v) is 4.39. The molecule has 0 spiro atoms. The average molecular weight is 197 g/mol. The zero-order chi connectivity index (χ0) is 10.6. The van der Waals surface area contributed by atoms with E-state index in [9.17, 15) is 9.18 Å². The van der Waals surface area contributed by atoms with Gasteiger partial charge >= 0.3 is 5.97 Å². The Morgan fingerprint density at radius 2 is 2.36 bits per heavy atom. The molecule has 0 amide bonds. The summed E-state index contributed by atoms with van der Waals surface area (Å²) in [6.45, 7) is 4.10. The minimum atomic E-state index is -0.791. The Hall–Kier alpha value is -1.45. The summed E-state index contributed by atoms with van der Waals surface area (Å²) in [5.74, 6) is -1.22. The zero-order valence-electron chi connectivity index (χ0n) is 8.16. The maximum Gasteiger partial charge on any atom is 0.342 e. The number of rotatable bonds is 3. The van der Waals surface area contributed by atoms with Gasteiger partial charge in [-0.2, -0.15) is 4.39 Å². The lowest BCUT2D eigenvalue weighted by atomic mass is 10.2. The van der Waals surface area contributed by atoms with Crippen molar-refractivity contribution in [1.82, 2.24) is 4.98 Å². The van der Waals surface area contributed by atoms with Crippen molar-refractivity contribution in [2.24, 2.45) is 5.92 Å². The van der Waals surface area contributed by atoms with Crippen LogP contribution in [0, 0.1) is 11.9 Å². The highest BCUT2D eigenvalue weighted by Crippen LogP contribution is 2.06. The third-order valence-corrected chi connectivity index (χ3v) is 1.53. The standard InChI is InChI=1S/C10H12FNO2/c1-7(2)6-14-10(13)8-4-3-5-12-9(8)11/h3-5,7H,6H2,1-2H3. The molecule has 0 aliphatic heterocycles. The van der Waals surface area contributed by atoms with Gasteiger partial charge in [0.25, 0.3) is 0 Å². The van der Waals surface area contributed by atoms with Crippen molar-refractivity contribution in [2.45, 2.75) is 13.8 Å². The van der Waals surface area contributed by atoms with Crippen molar-refractivity contribution in [1.29, 1.82) is 0 Å². The van der Waals surface area contributed by atoms with Crippen LogP contribution in [0.3, 0.4) is 0 Å². The fourth-order valence-electron chi connectivity index (χ4n) is 0.858. The van der Waals surface area contributed by atoms with Crippen LogP contribution in [0.15, 0.2) is 18.3 Å². The largest absolute Gasteiger partial charge is 0.462 e. The highest BCUT2D eigenvalue weighted by atomic mass is 19.1. The van der Waals surface area contributed by atoms with Crippen molar-refractivity contribution in [3.63, 3.8) is 0 Å². The highest BCUT2D eigenvalue weighted by Gasteiger charge is 2.13. The third kappa shape index (κ3) is 2.80. The van der Waals surface area contributed by atoms with Crippen LogP contribution in [0.25, 0.3) is 0 Å². The Labute approximate surface area is 81.9 Å². The van der Waals surface area contributed by atoms with E-state index in [0.29, 0.717) is 0 Å². The van der Waals surface area contributed by atoms with Gasteiger partial charge in [0.15, 0.2) is 0 Å². The van der Waals surface area contributed by atoms with Crippen molar-refractivity contribution in [3.05, 3.63) is 29.8 Å². The number of halogens is 1. The Morgan fingerprint density at radius 1 is 1.64 bits per heavy atom. The van der Waals surface area contributed by atoms with Gasteiger partial charge < -0.3 is 4.74 Å². The summed E-state index contributed by atoms with van der Waals surface area (Å²) < 4.78 is 17.8. The second kappa shape index (κ2) is 4.69. The maximum absolute atomic E-state index is 13.0. The predicted octanol–water partition coefficient (Wildman–Crippen LogP) is 2.03. The summed E-state index contributed by atoms with van der Waals surface area (Å²) in [4.78, 5) is 14.6. The van der Waals surface area contributed by atoms with Crippen LogP contribution in [0.5, 0.6) is 0 Å². The van der Waals surface area contributed by atoms with Gasteiger partial charge in [-0.25, -0.2) is 9.78 Å². The molecule has 0 N–H and O–H groups in total. The zero-order valence-corrected chi connectivity index (χ0v) is 8.16.